The zero-order chi connectivity index (χ0) is 16.1. The van der Waals surface area contributed by atoms with Gasteiger partial charge in [0.15, 0.2) is 0 Å². The molecule has 4 nitrogen and oxygen atoms in total. The molecule has 0 saturated carbocycles. The van der Waals surface area contributed by atoms with Gasteiger partial charge in [-0.15, -0.1) is 0 Å². The van der Waals surface area contributed by atoms with Gasteiger partial charge < -0.3 is 10.1 Å². The van der Waals surface area contributed by atoms with Crippen LogP contribution in [0.25, 0.3) is 6.08 Å². The van der Waals surface area contributed by atoms with Gasteiger partial charge in [0.2, 0.25) is 5.91 Å². The van der Waals surface area contributed by atoms with E-state index in [1.165, 1.54) is 6.08 Å². The molecule has 0 aliphatic rings. The zero-order valence-corrected chi connectivity index (χ0v) is 15.8. The van der Waals surface area contributed by atoms with Crippen molar-refractivity contribution in [1.82, 2.24) is 4.98 Å². The predicted octanol–water partition coefficient (Wildman–Crippen LogP) is 4.42. The van der Waals surface area contributed by atoms with Gasteiger partial charge >= 0.3 is 0 Å². The van der Waals surface area contributed by atoms with Gasteiger partial charge in [0, 0.05) is 19.7 Å². The normalized spacial score (nSPS) is 10.7. The minimum absolute atomic E-state index is 0.241. The van der Waals surface area contributed by atoms with E-state index in [0.29, 0.717) is 11.6 Å². The van der Waals surface area contributed by atoms with Crippen molar-refractivity contribution in [1.29, 1.82) is 0 Å². The smallest absolute Gasteiger partial charge is 0.249 e. The number of ether oxygens (including phenoxy) is 1. The number of rotatable bonds is 4. The number of nitrogens with one attached hydrogen (secondary N) is 1. The second kappa shape index (κ2) is 7.73. The molecular formula is C16H14BrIN2O2. The highest BCUT2D eigenvalue weighted by molar-refractivity contribution is 14.1. The Balaban J connectivity index is 2.11. The number of pyridine rings is 1. The van der Waals surface area contributed by atoms with Gasteiger partial charge in [-0.25, -0.2) is 4.98 Å². The molecule has 1 heterocycles. The first-order valence-electron chi connectivity index (χ1n) is 6.45. The van der Waals surface area contributed by atoms with Crippen LogP contribution in [0.2, 0.25) is 0 Å². The van der Waals surface area contributed by atoms with Crippen molar-refractivity contribution in [2.45, 2.75) is 6.92 Å². The minimum Gasteiger partial charge on any atom is -0.496 e. The third kappa shape index (κ3) is 4.54. The first-order valence-corrected chi connectivity index (χ1v) is 8.32. The Hall–Kier alpha value is -1.41. The van der Waals surface area contributed by atoms with Crippen LogP contribution in [-0.4, -0.2) is 18.0 Å². The summed E-state index contributed by atoms with van der Waals surface area (Å²) in [4.78, 5) is 16.3. The quantitative estimate of drug-likeness (QED) is 0.529. The molecule has 2 aromatic rings. The monoisotopic (exact) mass is 472 g/mol. The molecule has 0 atom stereocenters. The van der Waals surface area contributed by atoms with Crippen LogP contribution in [0, 0.1) is 10.5 Å². The maximum absolute atomic E-state index is 12.0. The van der Waals surface area contributed by atoms with Crippen molar-refractivity contribution < 1.29 is 9.53 Å². The molecule has 0 unspecified atom stereocenters. The van der Waals surface area contributed by atoms with Crippen LogP contribution in [-0.2, 0) is 4.79 Å². The van der Waals surface area contributed by atoms with E-state index in [2.05, 4.69) is 48.8 Å². The Labute approximate surface area is 151 Å². The van der Waals surface area contributed by atoms with Gasteiger partial charge in [0.05, 0.1) is 12.8 Å². The lowest BCUT2D eigenvalue weighted by Gasteiger charge is -2.06. The van der Waals surface area contributed by atoms with E-state index < -0.39 is 0 Å². The molecule has 0 aliphatic heterocycles. The van der Waals surface area contributed by atoms with Crippen LogP contribution in [0.1, 0.15) is 11.3 Å². The first-order chi connectivity index (χ1) is 10.5. The number of anilines is 1. The average molecular weight is 473 g/mol. The van der Waals surface area contributed by atoms with E-state index in [1.807, 2.05) is 31.2 Å². The van der Waals surface area contributed by atoms with Gasteiger partial charge in [-0.3, -0.25) is 4.79 Å². The first kappa shape index (κ1) is 17.0. The van der Waals surface area contributed by atoms with Crippen LogP contribution >= 0.6 is 38.5 Å². The summed E-state index contributed by atoms with van der Waals surface area (Å²) < 4.78 is 7.24. The number of carbonyl (C=O) groups is 1. The molecule has 0 radical (unpaired) electrons. The number of aryl methyl sites for hydroxylation is 1. The van der Waals surface area contributed by atoms with Gasteiger partial charge in [0.25, 0.3) is 0 Å². The van der Waals surface area contributed by atoms with Gasteiger partial charge in [-0.1, -0.05) is 15.9 Å². The standard InChI is InChI=1S/C16H14BrIN2O2/c1-10-13(18)5-7-15(19-10)20-16(21)8-3-11-9-12(17)4-6-14(11)22-2/h3-9H,1-2H3,(H,19,20,21)/b8-3+. The van der Waals surface area contributed by atoms with Crippen molar-refractivity contribution in [3.8, 4) is 5.75 Å². The SMILES string of the molecule is COc1ccc(Br)cc1/C=C/C(=O)Nc1ccc(I)c(C)n1. The van der Waals surface area contributed by atoms with Crippen LogP contribution in [0.15, 0.2) is 40.9 Å². The third-order valence-electron chi connectivity index (χ3n) is 2.88. The lowest BCUT2D eigenvalue weighted by Crippen LogP contribution is -2.09. The largest absolute Gasteiger partial charge is 0.496 e. The highest BCUT2D eigenvalue weighted by Crippen LogP contribution is 2.24. The number of halogens is 2. The van der Waals surface area contributed by atoms with Gasteiger partial charge in [-0.2, -0.15) is 0 Å². The highest BCUT2D eigenvalue weighted by Gasteiger charge is 2.04. The summed E-state index contributed by atoms with van der Waals surface area (Å²) in [5.41, 5.74) is 1.70. The Kier molecular flexibility index (Phi) is 5.96. The maximum Gasteiger partial charge on any atom is 0.249 e. The lowest BCUT2D eigenvalue weighted by atomic mass is 10.2. The summed E-state index contributed by atoms with van der Waals surface area (Å²) in [6.45, 7) is 1.90. The third-order valence-corrected chi connectivity index (χ3v) is 4.51. The number of amides is 1. The molecule has 0 spiro atoms. The molecule has 0 fully saturated rings. The average Bonchev–Trinajstić information content (AvgIpc) is 2.49. The second-order valence-electron chi connectivity index (χ2n) is 4.47. The molecule has 6 heteroatoms. The lowest BCUT2D eigenvalue weighted by molar-refractivity contribution is -0.111. The molecule has 1 amide bonds. The van der Waals surface area contributed by atoms with Crippen molar-refractivity contribution in [2.24, 2.45) is 0 Å². The Morgan fingerprint density at radius 2 is 2.14 bits per heavy atom. The van der Waals surface area contributed by atoms with Crippen LogP contribution < -0.4 is 10.1 Å². The number of hydrogen-bond donors (Lipinski definition) is 1. The van der Waals surface area contributed by atoms with Gasteiger partial charge in [0.1, 0.15) is 11.6 Å². The molecule has 0 bridgehead atoms. The van der Waals surface area contributed by atoms with Crippen LogP contribution in [0.4, 0.5) is 5.82 Å². The van der Waals surface area contributed by atoms with E-state index in [-0.39, 0.29) is 5.91 Å². The number of methoxy groups -OCH3 is 1. The topological polar surface area (TPSA) is 51.2 Å². The molecule has 1 N–H and O–H groups in total. The Bertz CT molecular complexity index is 732. The van der Waals surface area contributed by atoms with E-state index in [1.54, 1.807) is 19.3 Å². The summed E-state index contributed by atoms with van der Waals surface area (Å²) in [6.07, 6.45) is 3.16. The number of benzene rings is 1. The van der Waals surface area contributed by atoms with E-state index >= 15 is 0 Å². The molecule has 1 aromatic heterocycles. The van der Waals surface area contributed by atoms with E-state index in [0.717, 1.165) is 19.3 Å². The number of nitrogens with zero attached hydrogens (tertiary/aromatic N) is 1. The molecule has 22 heavy (non-hydrogen) atoms. The molecule has 0 saturated heterocycles. The number of hydrogen-bond acceptors (Lipinski definition) is 3. The molecule has 0 aliphatic carbocycles. The van der Waals surface area contributed by atoms with Crippen LogP contribution in [0.5, 0.6) is 5.75 Å². The maximum atomic E-state index is 12.0. The number of aromatic nitrogens is 1. The fraction of sp³-hybridized carbons (Fsp3) is 0.125. The molecular weight excluding hydrogens is 459 g/mol. The summed E-state index contributed by atoms with van der Waals surface area (Å²) in [5.74, 6) is 0.999. The molecule has 1 aromatic carbocycles. The Morgan fingerprint density at radius 3 is 2.82 bits per heavy atom. The van der Waals surface area contributed by atoms with Crippen molar-refractivity contribution >= 4 is 56.3 Å². The summed E-state index contributed by atoms with van der Waals surface area (Å²) in [7, 11) is 1.60. The van der Waals surface area contributed by atoms with E-state index in [4.69, 9.17) is 4.74 Å². The van der Waals surface area contributed by atoms with Crippen molar-refractivity contribution in [3.63, 3.8) is 0 Å². The fourth-order valence-electron chi connectivity index (χ4n) is 1.78. The summed E-state index contributed by atoms with van der Waals surface area (Å²) in [5, 5.41) is 2.74. The number of carbonyl (C=O) groups excluding carboxylic acids is 1. The van der Waals surface area contributed by atoms with Gasteiger partial charge in [-0.05, 0) is 65.9 Å². The minimum atomic E-state index is -0.241. The van der Waals surface area contributed by atoms with Crippen LogP contribution in [0.3, 0.4) is 0 Å². The second-order valence-corrected chi connectivity index (χ2v) is 6.55. The highest BCUT2D eigenvalue weighted by atomic mass is 127. The summed E-state index contributed by atoms with van der Waals surface area (Å²) >= 11 is 5.60. The molecule has 114 valence electrons. The van der Waals surface area contributed by atoms with Crippen molar-refractivity contribution in [2.75, 3.05) is 12.4 Å². The molecule has 2 rings (SSSR count). The van der Waals surface area contributed by atoms with E-state index in [9.17, 15) is 4.79 Å². The summed E-state index contributed by atoms with van der Waals surface area (Å²) in [6, 6.07) is 9.30. The fourth-order valence-corrected chi connectivity index (χ4v) is 2.46. The Morgan fingerprint density at radius 1 is 1.36 bits per heavy atom. The predicted molar refractivity (Wildman–Crippen MR) is 100 cm³/mol. The van der Waals surface area contributed by atoms with Crippen molar-refractivity contribution in [3.05, 3.63) is 55.7 Å². The zero-order valence-electron chi connectivity index (χ0n) is 12.1.